The molecular formula is C14H18F3N7S. The number of nitrogens with zero attached hydrogens (tertiary/aromatic N) is 5. The number of thiazole rings is 1. The highest BCUT2D eigenvalue weighted by molar-refractivity contribution is 7.09. The van der Waals surface area contributed by atoms with Gasteiger partial charge in [0.2, 0.25) is 0 Å². The number of hydrogen-bond acceptors (Lipinski definition) is 5. The summed E-state index contributed by atoms with van der Waals surface area (Å²) in [5.41, 5.74) is -0.867. The number of alkyl halides is 3. The Morgan fingerprint density at radius 2 is 2.24 bits per heavy atom. The van der Waals surface area contributed by atoms with Crippen molar-refractivity contribution in [3.05, 3.63) is 27.7 Å². The first-order chi connectivity index (χ1) is 11.9. The maximum Gasteiger partial charge on any atom is 0.434 e. The number of nitrogens with one attached hydrogen (secondary N) is 2. The van der Waals surface area contributed by atoms with Crippen LogP contribution < -0.4 is 10.6 Å². The van der Waals surface area contributed by atoms with E-state index in [9.17, 15) is 13.2 Å². The van der Waals surface area contributed by atoms with Crippen LogP contribution in [0, 0.1) is 6.92 Å². The van der Waals surface area contributed by atoms with Crippen LogP contribution in [0.1, 0.15) is 41.2 Å². The van der Waals surface area contributed by atoms with E-state index in [1.807, 2.05) is 11.6 Å². The van der Waals surface area contributed by atoms with E-state index in [-0.39, 0.29) is 12.6 Å². The molecule has 25 heavy (non-hydrogen) atoms. The van der Waals surface area contributed by atoms with Crippen LogP contribution in [0.2, 0.25) is 0 Å². The van der Waals surface area contributed by atoms with Crippen molar-refractivity contribution in [1.29, 1.82) is 0 Å². The number of guanidine groups is 1. The highest BCUT2D eigenvalue weighted by Gasteiger charge is 2.33. The second-order valence-electron chi connectivity index (χ2n) is 5.63. The maximum absolute atomic E-state index is 12.6. The summed E-state index contributed by atoms with van der Waals surface area (Å²) in [5.74, 6) is 2.05. The zero-order valence-corrected chi connectivity index (χ0v) is 14.6. The van der Waals surface area contributed by atoms with Crippen LogP contribution in [0.4, 0.5) is 13.2 Å². The van der Waals surface area contributed by atoms with Gasteiger partial charge in [-0.25, -0.2) is 14.6 Å². The van der Waals surface area contributed by atoms with Crippen LogP contribution in [0.3, 0.4) is 0 Å². The highest BCUT2D eigenvalue weighted by atomic mass is 32.1. The second-order valence-corrected chi connectivity index (χ2v) is 6.57. The van der Waals surface area contributed by atoms with Crippen molar-refractivity contribution in [3.8, 4) is 0 Å². The van der Waals surface area contributed by atoms with Gasteiger partial charge in [-0.1, -0.05) is 0 Å². The SMILES string of the molecule is CN=C(NCc1nc(C(F)(F)F)cs1)NC1CCCn2nc(C)nc21. The molecule has 0 radical (unpaired) electrons. The minimum atomic E-state index is -4.42. The van der Waals surface area contributed by atoms with Gasteiger partial charge in [0, 0.05) is 19.0 Å². The smallest absolute Gasteiger partial charge is 0.350 e. The lowest BCUT2D eigenvalue weighted by molar-refractivity contribution is -0.140. The fourth-order valence-electron chi connectivity index (χ4n) is 2.65. The van der Waals surface area contributed by atoms with Gasteiger partial charge in [-0.3, -0.25) is 4.99 Å². The molecule has 1 atom stereocenters. The van der Waals surface area contributed by atoms with Crippen molar-refractivity contribution in [2.45, 2.75) is 45.1 Å². The van der Waals surface area contributed by atoms with Gasteiger partial charge < -0.3 is 10.6 Å². The molecule has 0 saturated carbocycles. The predicted octanol–water partition coefficient (Wildman–Crippen LogP) is 2.26. The zero-order valence-electron chi connectivity index (χ0n) is 13.8. The number of fused-ring (bicyclic) bond motifs is 1. The average Bonchev–Trinajstić information content (AvgIpc) is 3.17. The molecule has 1 aliphatic rings. The van der Waals surface area contributed by atoms with Gasteiger partial charge >= 0.3 is 6.18 Å². The first-order valence-electron chi connectivity index (χ1n) is 7.77. The Balaban J connectivity index is 1.62. The summed E-state index contributed by atoms with van der Waals surface area (Å²) in [7, 11) is 1.61. The summed E-state index contributed by atoms with van der Waals surface area (Å²) in [6, 6.07) is -0.0387. The van der Waals surface area contributed by atoms with E-state index >= 15 is 0 Å². The third-order valence-corrected chi connectivity index (χ3v) is 4.61. The number of aliphatic imine (C=N–C) groups is 1. The molecule has 7 nitrogen and oxygen atoms in total. The number of aromatic nitrogens is 4. The summed E-state index contributed by atoms with van der Waals surface area (Å²) in [6.45, 7) is 2.84. The Morgan fingerprint density at radius 3 is 2.92 bits per heavy atom. The Kier molecular flexibility index (Phi) is 4.93. The van der Waals surface area contributed by atoms with Crippen molar-refractivity contribution in [3.63, 3.8) is 0 Å². The monoisotopic (exact) mass is 373 g/mol. The summed E-state index contributed by atoms with van der Waals surface area (Å²) >= 11 is 0.964. The Morgan fingerprint density at radius 1 is 1.44 bits per heavy atom. The number of aryl methyl sites for hydroxylation is 2. The molecule has 3 rings (SSSR count). The Bertz CT molecular complexity index is 765. The summed E-state index contributed by atoms with van der Waals surface area (Å²) < 4.78 is 39.6. The van der Waals surface area contributed by atoms with Crippen LogP contribution in [0.15, 0.2) is 10.4 Å². The molecule has 2 N–H and O–H groups in total. The van der Waals surface area contributed by atoms with Gasteiger partial charge in [0.15, 0.2) is 11.7 Å². The van der Waals surface area contributed by atoms with Crippen molar-refractivity contribution in [2.75, 3.05) is 7.05 Å². The predicted molar refractivity (Wildman–Crippen MR) is 87.2 cm³/mol. The molecule has 0 spiro atoms. The first kappa shape index (κ1) is 17.6. The fraction of sp³-hybridized carbons (Fsp3) is 0.571. The van der Waals surface area contributed by atoms with Crippen LogP contribution in [-0.2, 0) is 19.3 Å². The van der Waals surface area contributed by atoms with Gasteiger partial charge in [-0.15, -0.1) is 11.3 Å². The standard InChI is InChI=1S/C14H18F3N7S/c1-8-20-12-9(4-3-5-24(12)23-8)21-13(18-2)19-6-11-22-10(7-25-11)14(15,16)17/h7,9H,3-6H2,1-2H3,(H2,18,19,21). The molecule has 136 valence electrons. The molecular weight excluding hydrogens is 355 g/mol. The second kappa shape index (κ2) is 6.98. The molecule has 0 fully saturated rings. The lowest BCUT2D eigenvalue weighted by Crippen LogP contribution is -2.41. The molecule has 1 aliphatic heterocycles. The van der Waals surface area contributed by atoms with E-state index in [0.717, 1.165) is 41.9 Å². The van der Waals surface area contributed by atoms with E-state index in [1.165, 1.54) is 0 Å². The van der Waals surface area contributed by atoms with E-state index < -0.39 is 11.9 Å². The van der Waals surface area contributed by atoms with E-state index in [2.05, 4.69) is 30.7 Å². The third kappa shape index (κ3) is 4.09. The van der Waals surface area contributed by atoms with Crippen LogP contribution in [0.5, 0.6) is 0 Å². The summed E-state index contributed by atoms with van der Waals surface area (Å²) in [6.07, 6.45) is -2.57. The largest absolute Gasteiger partial charge is 0.434 e. The molecule has 11 heteroatoms. The van der Waals surface area contributed by atoms with Crippen molar-refractivity contribution in [2.24, 2.45) is 4.99 Å². The summed E-state index contributed by atoms with van der Waals surface area (Å²) in [5, 5.41) is 12.0. The molecule has 2 aromatic rings. The number of hydrogen-bond donors (Lipinski definition) is 2. The van der Waals surface area contributed by atoms with Crippen molar-refractivity contribution in [1.82, 2.24) is 30.4 Å². The van der Waals surface area contributed by atoms with Gasteiger partial charge in [-0.05, 0) is 19.8 Å². The number of halogens is 3. The fourth-order valence-corrected chi connectivity index (χ4v) is 3.39. The van der Waals surface area contributed by atoms with Crippen molar-refractivity contribution < 1.29 is 13.2 Å². The van der Waals surface area contributed by atoms with E-state index in [4.69, 9.17) is 0 Å². The van der Waals surface area contributed by atoms with Crippen LogP contribution in [0.25, 0.3) is 0 Å². The average molecular weight is 373 g/mol. The molecule has 3 heterocycles. The molecule has 0 aliphatic carbocycles. The molecule has 0 amide bonds. The maximum atomic E-state index is 12.6. The molecule has 0 aromatic carbocycles. The minimum Gasteiger partial charge on any atom is -0.350 e. The van der Waals surface area contributed by atoms with Gasteiger partial charge in [0.05, 0.1) is 12.6 Å². The van der Waals surface area contributed by atoms with Crippen molar-refractivity contribution >= 4 is 17.3 Å². The molecule has 2 aromatic heterocycles. The molecule has 0 bridgehead atoms. The third-order valence-electron chi connectivity index (χ3n) is 3.76. The lowest BCUT2D eigenvalue weighted by atomic mass is 10.1. The van der Waals surface area contributed by atoms with Gasteiger partial charge in [-0.2, -0.15) is 18.3 Å². The zero-order chi connectivity index (χ0) is 18.0. The Labute approximate surface area is 146 Å². The molecule has 1 unspecified atom stereocenters. The topological polar surface area (TPSA) is 80.0 Å². The van der Waals surface area contributed by atoms with Gasteiger partial charge in [0.1, 0.15) is 16.7 Å². The highest BCUT2D eigenvalue weighted by Crippen LogP contribution is 2.30. The van der Waals surface area contributed by atoms with Crippen LogP contribution in [-0.4, -0.2) is 32.8 Å². The minimum absolute atomic E-state index is 0.0387. The van der Waals surface area contributed by atoms with E-state index in [1.54, 1.807) is 7.05 Å². The molecule has 0 saturated heterocycles. The van der Waals surface area contributed by atoms with Gasteiger partial charge in [0.25, 0.3) is 0 Å². The summed E-state index contributed by atoms with van der Waals surface area (Å²) in [4.78, 5) is 12.2. The Hall–Kier alpha value is -2.17. The van der Waals surface area contributed by atoms with E-state index in [0.29, 0.717) is 16.8 Å². The quantitative estimate of drug-likeness (QED) is 0.637. The van der Waals surface area contributed by atoms with Crippen LogP contribution >= 0.6 is 11.3 Å². The normalized spacial score (nSPS) is 18.1. The number of rotatable bonds is 3. The first-order valence-corrected chi connectivity index (χ1v) is 8.65. The lowest BCUT2D eigenvalue weighted by Gasteiger charge is -2.24.